The zero-order chi connectivity index (χ0) is 75.6. The Kier molecular flexibility index (Phi) is 13.7. The first kappa shape index (κ1) is 67.2. The molecule has 0 amide bonds. The first-order valence-corrected chi connectivity index (χ1v) is 40.1. The first-order valence-electron chi connectivity index (χ1n) is 40.1. The van der Waals surface area contributed by atoms with Crippen LogP contribution < -0.4 is 0 Å². The number of hydrogen-bond acceptors (Lipinski definition) is 4. The van der Waals surface area contributed by atoms with Crippen molar-refractivity contribution >= 4 is 173 Å². The van der Waals surface area contributed by atoms with Gasteiger partial charge in [0.25, 0.3) is 0 Å². The van der Waals surface area contributed by atoms with E-state index in [4.69, 9.17) is 19.9 Å². The van der Waals surface area contributed by atoms with Crippen LogP contribution in [-0.2, 0) is 43.3 Å². The molecular weight excluding hydrogens is 1330 g/mol. The zero-order valence-corrected chi connectivity index (χ0v) is 66.6. The largest absolute Gasteiger partial charge is 0.256 e. The van der Waals surface area contributed by atoms with Gasteiger partial charge < -0.3 is 0 Å². The molecule has 0 radical (unpaired) electrons. The monoisotopic (exact) mass is 1420 g/mol. The van der Waals surface area contributed by atoms with Gasteiger partial charge in [0.2, 0.25) is 0 Å². The number of pyridine rings is 4. The molecule has 0 bridgehead atoms. The maximum Gasteiger partial charge on any atom is 0.0784 e. The Balaban J connectivity index is 0.0000000934. The molecule has 0 aliphatic heterocycles. The van der Waals surface area contributed by atoms with Crippen LogP contribution in [0.25, 0.3) is 173 Å². The standard InChI is InChI=1S/C30H25N.2C26H23N.C24H23N/c1-29(2)16-30(3,4)28-23(29)15-31-24-14-19-9-11-21-20-8-6-5-7-17(20)13-18-10-12-22(27(24)28)26(19)25(18)21;1-25(2)14-26(3,4)24-19(25)13-27-20-12-17-9-8-15-6-5-7-16-10-11-18(23(20)24)22(17)21(15)16;1-25(2)14-26(3,4)23-19-12-17-9-8-15-6-5-7-16-10-11-18(22(17)21(15)16)24(19)27-13-20(23)25;1-23(2)14-24(3,4)22-19-11-17-9-15-7-5-6-8-16(15)10-18(17)12-21(19)25-13-20(22)23/h5-15H,16H2,1-4H3;2*5-13H,14H2,1-4H3;5-13H,14H2,1-4H3. The van der Waals surface area contributed by atoms with Gasteiger partial charge in [-0.3, -0.25) is 19.9 Å². The molecule has 0 saturated heterocycles. The average Bonchev–Trinajstić information content (AvgIpc) is 1.54. The summed E-state index contributed by atoms with van der Waals surface area (Å²) in [5.41, 5.74) is 17.6. The number of benzene rings is 16. The number of aromatic nitrogens is 4. The van der Waals surface area contributed by atoms with E-state index < -0.39 is 0 Å². The van der Waals surface area contributed by atoms with Crippen molar-refractivity contribution in [2.45, 2.75) is 180 Å². The quantitative estimate of drug-likeness (QED) is 0.112. The van der Waals surface area contributed by atoms with Gasteiger partial charge in [-0.15, -0.1) is 0 Å². The number of nitrogens with zero attached hydrogens (tertiary/aromatic N) is 4. The molecule has 24 rings (SSSR count). The van der Waals surface area contributed by atoms with Crippen LogP contribution in [0.2, 0.25) is 0 Å². The van der Waals surface area contributed by atoms with Crippen LogP contribution in [0.3, 0.4) is 0 Å². The molecule has 538 valence electrons. The minimum Gasteiger partial charge on any atom is -0.256 e. The molecule has 4 heteroatoms. The van der Waals surface area contributed by atoms with Crippen LogP contribution in [0.1, 0.15) is 181 Å². The lowest BCUT2D eigenvalue weighted by molar-refractivity contribution is 0.403. The van der Waals surface area contributed by atoms with Crippen molar-refractivity contribution in [2.75, 3.05) is 0 Å². The van der Waals surface area contributed by atoms with Crippen LogP contribution in [0.4, 0.5) is 0 Å². The van der Waals surface area contributed by atoms with Gasteiger partial charge in [-0.05, 0) is 286 Å². The second-order valence-corrected chi connectivity index (χ2v) is 38.9. The van der Waals surface area contributed by atoms with E-state index in [1.807, 2.05) is 0 Å². The number of hydrogen-bond donors (Lipinski definition) is 0. The smallest absolute Gasteiger partial charge is 0.0784 e. The van der Waals surface area contributed by atoms with E-state index in [0.29, 0.717) is 0 Å². The van der Waals surface area contributed by atoms with Crippen LogP contribution >= 0.6 is 0 Å². The highest BCUT2D eigenvalue weighted by Crippen LogP contribution is 2.58. The summed E-state index contributed by atoms with van der Waals surface area (Å²) >= 11 is 0. The summed E-state index contributed by atoms with van der Waals surface area (Å²) in [6.07, 6.45) is 13.2. The summed E-state index contributed by atoms with van der Waals surface area (Å²) in [5.74, 6) is 0. The van der Waals surface area contributed by atoms with Crippen molar-refractivity contribution in [1.82, 2.24) is 19.9 Å². The number of fused-ring (bicyclic) bond motifs is 19. The fraction of sp³-hybridized carbons (Fsp3) is 0.264. The van der Waals surface area contributed by atoms with Crippen LogP contribution in [-0.4, -0.2) is 19.9 Å². The van der Waals surface area contributed by atoms with Gasteiger partial charge in [-0.1, -0.05) is 269 Å². The molecule has 4 aliphatic carbocycles. The molecule has 0 N–H and O–H groups in total. The lowest BCUT2D eigenvalue weighted by Crippen LogP contribution is -2.18. The van der Waals surface area contributed by atoms with Crippen LogP contribution in [0.15, 0.2) is 231 Å². The molecule has 0 saturated carbocycles. The van der Waals surface area contributed by atoms with E-state index in [2.05, 4.69) is 342 Å². The predicted molar refractivity (Wildman–Crippen MR) is 473 cm³/mol. The third-order valence-corrected chi connectivity index (χ3v) is 27.3. The minimum atomic E-state index is 0.135. The Morgan fingerprint density at radius 2 is 0.509 bits per heavy atom. The Morgan fingerprint density at radius 1 is 0.191 bits per heavy atom. The van der Waals surface area contributed by atoms with Gasteiger partial charge in [0.15, 0.2) is 0 Å². The summed E-state index contributed by atoms with van der Waals surface area (Å²) in [6.45, 7) is 38.1. The maximum absolute atomic E-state index is 5.02. The third kappa shape index (κ3) is 9.62. The lowest BCUT2D eigenvalue weighted by Gasteiger charge is -2.23. The fourth-order valence-electron chi connectivity index (χ4n) is 24.0. The molecule has 4 aliphatic rings. The van der Waals surface area contributed by atoms with Crippen LogP contribution in [0.5, 0.6) is 0 Å². The first-order chi connectivity index (χ1) is 52.4. The maximum atomic E-state index is 5.02. The second-order valence-electron chi connectivity index (χ2n) is 38.9. The summed E-state index contributed by atoms with van der Waals surface area (Å²) in [4.78, 5) is 19.8. The summed E-state index contributed by atoms with van der Waals surface area (Å²) in [7, 11) is 0. The summed E-state index contributed by atoms with van der Waals surface area (Å²) in [5, 5.41) is 37.4. The highest BCUT2D eigenvalue weighted by molar-refractivity contribution is 6.34. The van der Waals surface area contributed by atoms with E-state index in [1.54, 1.807) is 0 Å². The topological polar surface area (TPSA) is 51.6 Å². The molecule has 0 atom stereocenters. The van der Waals surface area contributed by atoms with Crippen LogP contribution in [0, 0.1) is 0 Å². The van der Waals surface area contributed by atoms with Gasteiger partial charge in [-0.25, -0.2) is 0 Å². The van der Waals surface area contributed by atoms with Gasteiger partial charge in [0.05, 0.1) is 22.1 Å². The van der Waals surface area contributed by atoms with E-state index in [1.165, 1.54) is 208 Å². The van der Waals surface area contributed by atoms with Crippen molar-refractivity contribution < 1.29 is 0 Å². The summed E-state index contributed by atoms with van der Waals surface area (Å²) < 4.78 is 0. The van der Waals surface area contributed by atoms with Gasteiger partial charge in [0, 0.05) is 51.7 Å². The number of rotatable bonds is 0. The molecule has 4 nitrogen and oxygen atoms in total. The predicted octanol–water partition coefficient (Wildman–Crippen LogP) is 28.9. The second kappa shape index (κ2) is 22.4. The Bertz CT molecular complexity index is 7370. The Hall–Kier alpha value is -10.9. The van der Waals surface area contributed by atoms with Gasteiger partial charge in [-0.2, -0.15) is 0 Å². The van der Waals surface area contributed by atoms with Crippen molar-refractivity contribution in [3.63, 3.8) is 0 Å². The molecular formula is C106H94N4. The Labute approximate surface area is 644 Å². The zero-order valence-electron chi connectivity index (χ0n) is 66.6. The molecule has 20 aromatic rings. The molecule has 16 aromatic carbocycles. The Morgan fingerprint density at radius 3 is 1.03 bits per heavy atom. The minimum absolute atomic E-state index is 0.135. The molecule has 0 spiro atoms. The highest BCUT2D eigenvalue weighted by Gasteiger charge is 2.47. The SMILES string of the molecule is CC1(C)CC(C)(C)c2c1cnc1c2cc2ccc3cccc4ccc1c2c34.CC1(C)CC(C)(C)c2c1cnc1cc3cc4ccccc4cc3cc21.CC1(C)CC(C)(C)c2c1cnc1cc3ccc4c5ccccc5cc5ccc(c21)c3c54.CC1(C)CC(C)(C)c2c1cnc1cc3ccc4cccc5ccc(c21)c3c45. The normalized spacial score (nSPS) is 17.9. The van der Waals surface area contributed by atoms with Crippen molar-refractivity contribution in [3.05, 3.63) is 276 Å². The van der Waals surface area contributed by atoms with Crippen molar-refractivity contribution in [3.8, 4) is 0 Å². The fourth-order valence-corrected chi connectivity index (χ4v) is 24.0. The van der Waals surface area contributed by atoms with Crippen molar-refractivity contribution in [1.29, 1.82) is 0 Å². The van der Waals surface area contributed by atoms with E-state index in [9.17, 15) is 0 Å². The molecule has 4 aromatic heterocycles. The lowest BCUT2D eigenvalue weighted by atomic mass is 9.80. The molecule has 0 fully saturated rings. The summed E-state index contributed by atoms with van der Waals surface area (Å²) in [6, 6.07) is 76.6. The average molecular weight is 1420 g/mol. The van der Waals surface area contributed by atoms with E-state index in [-0.39, 0.29) is 43.3 Å². The third-order valence-electron chi connectivity index (χ3n) is 27.3. The van der Waals surface area contributed by atoms with E-state index >= 15 is 0 Å². The van der Waals surface area contributed by atoms with Crippen molar-refractivity contribution in [2.24, 2.45) is 0 Å². The van der Waals surface area contributed by atoms with Gasteiger partial charge >= 0.3 is 0 Å². The molecule has 0 unspecified atom stereocenters. The van der Waals surface area contributed by atoms with E-state index in [0.717, 1.165) is 34.9 Å². The van der Waals surface area contributed by atoms with Gasteiger partial charge in [0.1, 0.15) is 0 Å². The highest BCUT2D eigenvalue weighted by atomic mass is 14.7. The molecule has 110 heavy (non-hydrogen) atoms. The molecule has 4 heterocycles.